The zero-order valence-corrected chi connectivity index (χ0v) is 9.95. The standard InChI is InChI=1S/C13H15N3O/c1-3-11-8(2)13(17)16-12(15-11)9-5-4-6-10(14)7-9/h4-7H,3,14H2,1-2H3,(H,15,16,17). The largest absolute Gasteiger partial charge is 0.399 e. The number of aromatic nitrogens is 2. The predicted molar refractivity (Wildman–Crippen MR) is 68.8 cm³/mol. The second kappa shape index (κ2) is 4.41. The van der Waals surface area contributed by atoms with Gasteiger partial charge in [0.15, 0.2) is 0 Å². The molecular weight excluding hydrogens is 214 g/mol. The summed E-state index contributed by atoms with van der Waals surface area (Å²) in [6.07, 6.45) is 0.741. The molecule has 0 saturated heterocycles. The SMILES string of the molecule is CCc1nc(-c2cccc(N)c2)[nH]c(=O)c1C. The van der Waals surface area contributed by atoms with Crippen molar-refractivity contribution in [2.24, 2.45) is 0 Å². The summed E-state index contributed by atoms with van der Waals surface area (Å²) >= 11 is 0. The topological polar surface area (TPSA) is 71.8 Å². The third kappa shape index (κ3) is 2.20. The number of nitrogen functional groups attached to an aromatic ring is 1. The average Bonchev–Trinajstić information content (AvgIpc) is 2.32. The zero-order chi connectivity index (χ0) is 12.4. The van der Waals surface area contributed by atoms with Crippen molar-refractivity contribution in [1.82, 2.24) is 9.97 Å². The van der Waals surface area contributed by atoms with E-state index in [1.807, 2.05) is 19.1 Å². The second-order valence-electron chi connectivity index (χ2n) is 3.97. The highest BCUT2D eigenvalue weighted by Crippen LogP contribution is 2.17. The smallest absolute Gasteiger partial charge is 0.254 e. The van der Waals surface area contributed by atoms with Crippen LogP contribution in [-0.4, -0.2) is 9.97 Å². The molecule has 2 rings (SSSR count). The van der Waals surface area contributed by atoms with Crippen LogP contribution < -0.4 is 11.3 Å². The maximum Gasteiger partial charge on any atom is 0.254 e. The summed E-state index contributed by atoms with van der Waals surface area (Å²) < 4.78 is 0. The van der Waals surface area contributed by atoms with Crippen molar-refractivity contribution in [1.29, 1.82) is 0 Å². The molecule has 0 bridgehead atoms. The van der Waals surface area contributed by atoms with Gasteiger partial charge in [-0.2, -0.15) is 0 Å². The normalized spacial score (nSPS) is 10.5. The van der Waals surface area contributed by atoms with Gasteiger partial charge < -0.3 is 10.7 Å². The second-order valence-corrected chi connectivity index (χ2v) is 3.97. The van der Waals surface area contributed by atoms with Crippen LogP contribution in [0.25, 0.3) is 11.4 Å². The molecule has 0 spiro atoms. The minimum Gasteiger partial charge on any atom is -0.399 e. The fourth-order valence-electron chi connectivity index (χ4n) is 1.75. The first kappa shape index (κ1) is 11.4. The molecule has 4 nitrogen and oxygen atoms in total. The van der Waals surface area contributed by atoms with Gasteiger partial charge in [0.25, 0.3) is 5.56 Å². The van der Waals surface area contributed by atoms with Gasteiger partial charge in [-0.3, -0.25) is 4.79 Å². The van der Waals surface area contributed by atoms with Gasteiger partial charge >= 0.3 is 0 Å². The molecule has 2 aromatic rings. The van der Waals surface area contributed by atoms with Crippen molar-refractivity contribution >= 4 is 5.69 Å². The first-order valence-corrected chi connectivity index (χ1v) is 5.57. The maximum absolute atomic E-state index is 11.8. The Morgan fingerprint density at radius 2 is 2.18 bits per heavy atom. The van der Waals surface area contributed by atoms with E-state index in [9.17, 15) is 4.79 Å². The molecule has 1 aromatic heterocycles. The van der Waals surface area contributed by atoms with E-state index < -0.39 is 0 Å². The molecule has 17 heavy (non-hydrogen) atoms. The van der Waals surface area contributed by atoms with Crippen LogP contribution in [0.15, 0.2) is 29.1 Å². The van der Waals surface area contributed by atoms with Crippen molar-refractivity contribution in [2.75, 3.05) is 5.73 Å². The van der Waals surface area contributed by atoms with Gasteiger partial charge in [-0.15, -0.1) is 0 Å². The summed E-state index contributed by atoms with van der Waals surface area (Å²) in [6.45, 7) is 3.77. The summed E-state index contributed by atoms with van der Waals surface area (Å²) in [4.78, 5) is 19.0. The van der Waals surface area contributed by atoms with Crippen LogP contribution in [0.5, 0.6) is 0 Å². The number of benzene rings is 1. The average molecular weight is 229 g/mol. The molecule has 0 aliphatic heterocycles. The van der Waals surface area contributed by atoms with E-state index in [0.717, 1.165) is 17.7 Å². The number of H-pyrrole nitrogens is 1. The lowest BCUT2D eigenvalue weighted by Crippen LogP contribution is -2.15. The lowest BCUT2D eigenvalue weighted by atomic mass is 10.1. The molecule has 1 aromatic carbocycles. The fourth-order valence-corrected chi connectivity index (χ4v) is 1.75. The number of nitrogens with zero attached hydrogens (tertiary/aromatic N) is 1. The summed E-state index contributed by atoms with van der Waals surface area (Å²) in [5.74, 6) is 0.574. The molecule has 4 heteroatoms. The first-order valence-electron chi connectivity index (χ1n) is 5.57. The van der Waals surface area contributed by atoms with Gasteiger partial charge in [0.05, 0.1) is 5.69 Å². The minimum atomic E-state index is -0.0886. The Bertz CT molecular complexity index is 602. The van der Waals surface area contributed by atoms with Crippen molar-refractivity contribution in [3.8, 4) is 11.4 Å². The molecule has 0 atom stereocenters. The summed E-state index contributed by atoms with van der Waals surface area (Å²) in [7, 11) is 0. The number of anilines is 1. The van der Waals surface area contributed by atoms with Gasteiger partial charge in [-0.1, -0.05) is 19.1 Å². The third-order valence-corrected chi connectivity index (χ3v) is 2.75. The van der Waals surface area contributed by atoms with E-state index >= 15 is 0 Å². The lowest BCUT2D eigenvalue weighted by molar-refractivity contribution is 0.955. The summed E-state index contributed by atoms with van der Waals surface area (Å²) in [5.41, 5.74) is 8.62. The van der Waals surface area contributed by atoms with Crippen LogP contribution in [0.4, 0.5) is 5.69 Å². The molecule has 0 aliphatic rings. The van der Waals surface area contributed by atoms with Crippen LogP contribution in [0.1, 0.15) is 18.2 Å². The molecule has 0 fully saturated rings. The van der Waals surface area contributed by atoms with Crippen LogP contribution in [0.3, 0.4) is 0 Å². The van der Waals surface area contributed by atoms with E-state index in [1.54, 1.807) is 19.1 Å². The number of aromatic amines is 1. The number of aryl methyl sites for hydroxylation is 1. The molecule has 1 heterocycles. The van der Waals surface area contributed by atoms with Crippen molar-refractivity contribution in [3.05, 3.63) is 45.9 Å². The maximum atomic E-state index is 11.8. The molecule has 0 saturated carbocycles. The third-order valence-electron chi connectivity index (χ3n) is 2.75. The zero-order valence-electron chi connectivity index (χ0n) is 9.95. The lowest BCUT2D eigenvalue weighted by Gasteiger charge is -2.06. The molecular formula is C13H15N3O. The molecule has 0 unspecified atom stereocenters. The van der Waals surface area contributed by atoms with E-state index in [-0.39, 0.29) is 5.56 Å². The number of nitrogens with two attached hydrogens (primary N) is 1. The van der Waals surface area contributed by atoms with Crippen LogP contribution in [0.2, 0.25) is 0 Å². The van der Waals surface area contributed by atoms with E-state index in [1.165, 1.54) is 0 Å². The van der Waals surface area contributed by atoms with Gasteiger partial charge in [-0.25, -0.2) is 4.98 Å². The summed E-state index contributed by atoms with van der Waals surface area (Å²) in [5, 5.41) is 0. The van der Waals surface area contributed by atoms with Gasteiger partial charge in [0.2, 0.25) is 0 Å². The Labute approximate surface area is 99.5 Å². The number of nitrogens with one attached hydrogen (secondary N) is 1. The van der Waals surface area contributed by atoms with Crippen LogP contribution >= 0.6 is 0 Å². The molecule has 88 valence electrons. The van der Waals surface area contributed by atoms with Gasteiger partial charge in [0, 0.05) is 16.8 Å². The van der Waals surface area contributed by atoms with Gasteiger partial charge in [-0.05, 0) is 25.5 Å². The van der Waals surface area contributed by atoms with Crippen molar-refractivity contribution in [2.45, 2.75) is 20.3 Å². The summed E-state index contributed by atoms with van der Waals surface area (Å²) in [6, 6.07) is 7.32. The fraction of sp³-hybridized carbons (Fsp3) is 0.231. The monoisotopic (exact) mass is 229 g/mol. The number of hydrogen-bond acceptors (Lipinski definition) is 3. The van der Waals surface area contributed by atoms with E-state index in [4.69, 9.17) is 5.73 Å². The Balaban J connectivity index is 2.61. The quantitative estimate of drug-likeness (QED) is 0.772. The highest BCUT2D eigenvalue weighted by molar-refractivity contribution is 5.61. The van der Waals surface area contributed by atoms with E-state index in [2.05, 4.69) is 9.97 Å². The highest BCUT2D eigenvalue weighted by Gasteiger charge is 2.07. The van der Waals surface area contributed by atoms with Crippen molar-refractivity contribution < 1.29 is 0 Å². The molecule has 0 aliphatic carbocycles. The Morgan fingerprint density at radius 1 is 1.41 bits per heavy atom. The van der Waals surface area contributed by atoms with Crippen LogP contribution in [-0.2, 0) is 6.42 Å². The molecule has 0 radical (unpaired) electrons. The molecule has 3 N–H and O–H groups in total. The highest BCUT2D eigenvalue weighted by atomic mass is 16.1. The number of hydrogen-bond donors (Lipinski definition) is 2. The first-order chi connectivity index (χ1) is 8.11. The predicted octanol–water partition coefficient (Wildman–Crippen LogP) is 1.89. The van der Waals surface area contributed by atoms with Crippen LogP contribution in [0, 0.1) is 6.92 Å². The van der Waals surface area contributed by atoms with Crippen molar-refractivity contribution in [3.63, 3.8) is 0 Å². The Kier molecular flexibility index (Phi) is 2.95. The molecule has 0 amide bonds. The Hall–Kier alpha value is -2.10. The van der Waals surface area contributed by atoms with E-state index in [0.29, 0.717) is 17.1 Å². The Morgan fingerprint density at radius 3 is 2.82 bits per heavy atom. The minimum absolute atomic E-state index is 0.0886. The van der Waals surface area contributed by atoms with Gasteiger partial charge in [0.1, 0.15) is 5.82 Å². The number of rotatable bonds is 2.